The smallest absolute Gasteiger partial charge is 0.284 e. The van der Waals surface area contributed by atoms with Crippen molar-refractivity contribution in [1.82, 2.24) is 0 Å². The van der Waals surface area contributed by atoms with Gasteiger partial charge < -0.3 is 9.80 Å². The first-order chi connectivity index (χ1) is 11.1. The number of hydrogen-bond acceptors (Lipinski definition) is 1. The van der Waals surface area contributed by atoms with E-state index in [2.05, 4.69) is 41.2 Å². The van der Waals surface area contributed by atoms with Crippen LogP contribution in [0.15, 0.2) is 53.0 Å². The molecule has 0 aliphatic carbocycles. The van der Waals surface area contributed by atoms with Gasteiger partial charge in [-0.2, -0.15) is 0 Å². The summed E-state index contributed by atoms with van der Waals surface area (Å²) in [5.41, 5.74) is 3.58. The quantitative estimate of drug-likeness (QED) is 0.874. The molecule has 1 aliphatic heterocycles. The molecule has 0 radical (unpaired) electrons. The predicted octanol–water partition coefficient (Wildman–Crippen LogP) is 2.44. The lowest BCUT2D eigenvalue weighted by atomic mass is 10.1. The van der Waals surface area contributed by atoms with Crippen LogP contribution in [0.5, 0.6) is 0 Å². The summed E-state index contributed by atoms with van der Waals surface area (Å²) in [6.45, 7) is 3.64. The van der Waals surface area contributed by atoms with Gasteiger partial charge in [-0.3, -0.25) is 4.79 Å². The Morgan fingerprint density at radius 2 is 1.91 bits per heavy atom. The van der Waals surface area contributed by atoms with Crippen molar-refractivity contribution in [3.63, 3.8) is 0 Å². The van der Waals surface area contributed by atoms with Gasteiger partial charge in [-0.1, -0.05) is 52.3 Å². The molecule has 4 heteroatoms. The highest BCUT2D eigenvalue weighted by Crippen LogP contribution is 2.27. The standard InChI is InChI=1S/C19H21BrN2O/c1-14(21(2)13-16-8-3-5-9-17(16)20)19(23)22-12-11-15-7-4-6-10-18(15)22/h3-10,14H,11-13H2,1-2H3/p+1/t14-/m0/s1. The van der Waals surface area contributed by atoms with Crippen molar-refractivity contribution in [2.24, 2.45) is 0 Å². The maximum absolute atomic E-state index is 12.9. The molecule has 1 heterocycles. The van der Waals surface area contributed by atoms with E-state index in [-0.39, 0.29) is 11.9 Å². The molecule has 0 spiro atoms. The number of nitrogens with zero attached hydrogens (tertiary/aromatic N) is 1. The SMILES string of the molecule is C[C@@H](C(=O)N1CCc2ccccc21)[NH+](C)Cc1ccccc1Br. The second-order valence-electron chi connectivity index (χ2n) is 6.20. The van der Waals surface area contributed by atoms with Crippen LogP contribution in [0, 0.1) is 0 Å². The second-order valence-corrected chi connectivity index (χ2v) is 7.06. The topological polar surface area (TPSA) is 24.8 Å². The maximum atomic E-state index is 12.9. The number of benzene rings is 2. The monoisotopic (exact) mass is 373 g/mol. The molecule has 1 amide bonds. The van der Waals surface area contributed by atoms with Crippen molar-refractivity contribution in [3.05, 3.63) is 64.1 Å². The van der Waals surface area contributed by atoms with Crippen LogP contribution < -0.4 is 9.80 Å². The Hall–Kier alpha value is -1.65. The van der Waals surface area contributed by atoms with Crippen molar-refractivity contribution in [1.29, 1.82) is 0 Å². The third kappa shape index (κ3) is 3.33. The van der Waals surface area contributed by atoms with E-state index in [1.807, 2.05) is 42.2 Å². The zero-order valence-corrected chi connectivity index (χ0v) is 15.1. The number of carbonyl (C=O) groups is 1. The first-order valence-corrected chi connectivity index (χ1v) is 8.82. The fourth-order valence-electron chi connectivity index (χ4n) is 3.11. The third-order valence-corrected chi connectivity index (χ3v) is 5.46. The molecule has 0 aromatic heterocycles. The van der Waals surface area contributed by atoms with Crippen molar-refractivity contribution in [2.75, 3.05) is 18.5 Å². The molecule has 120 valence electrons. The molecule has 1 aliphatic rings. The van der Waals surface area contributed by atoms with Crippen molar-refractivity contribution < 1.29 is 9.69 Å². The van der Waals surface area contributed by atoms with E-state index in [0.717, 1.165) is 29.7 Å². The van der Waals surface area contributed by atoms with E-state index in [9.17, 15) is 4.79 Å². The average Bonchev–Trinajstić information content (AvgIpc) is 2.99. The van der Waals surface area contributed by atoms with Crippen LogP contribution >= 0.6 is 15.9 Å². The van der Waals surface area contributed by atoms with E-state index in [0.29, 0.717) is 0 Å². The number of likely N-dealkylation sites (N-methyl/N-ethyl adjacent to an activating group) is 1. The van der Waals surface area contributed by atoms with E-state index < -0.39 is 0 Å². The number of halogens is 1. The lowest BCUT2D eigenvalue weighted by Crippen LogP contribution is -3.12. The van der Waals surface area contributed by atoms with Gasteiger partial charge in [0.05, 0.1) is 7.05 Å². The largest absolute Gasteiger partial charge is 0.324 e. The normalized spacial score (nSPS) is 16.0. The van der Waals surface area contributed by atoms with Crippen LogP contribution in [0.2, 0.25) is 0 Å². The highest BCUT2D eigenvalue weighted by atomic mass is 79.9. The zero-order valence-electron chi connectivity index (χ0n) is 13.6. The van der Waals surface area contributed by atoms with Gasteiger partial charge in [0.2, 0.25) is 0 Å². The Kier molecular flexibility index (Phi) is 4.83. The molecule has 2 aromatic carbocycles. The number of fused-ring (bicyclic) bond motifs is 1. The Labute approximate surface area is 146 Å². The molecule has 3 rings (SSSR count). The van der Waals surface area contributed by atoms with Gasteiger partial charge in [-0.05, 0) is 31.0 Å². The summed E-state index contributed by atoms with van der Waals surface area (Å²) in [6.07, 6.45) is 0.956. The summed E-state index contributed by atoms with van der Waals surface area (Å²) in [6, 6.07) is 16.3. The fourth-order valence-corrected chi connectivity index (χ4v) is 3.53. The van der Waals surface area contributed by atoms with Gasteiger partial charge in [0, 0.05) is 22.3 Å². The first kappa shape index (κ1) is 16.2. The van der Waals surface area contributed by atoms with Gasteiger partial charge >= 0.3 is 0 Å². The highest BCUT2D eigenvalue weighted by molar-refractivity contribution is 9.10. The Morgan fingerprint density at radius 1 is 1.22 bits per heavy atom. The van der Waals surface area contributed by atoms with E-state index >= 15 is 0 Å². The molecule has 0 fully saturated rings. The van der Waals surface area contributed by atoms with Gasteiger partial charge in [-0.25, -0.2) is 0 Å². The van der Waals surface area contributed by atoms with E-state index in [1.54, 1.807) is 0 Å². The molecule has 23 heavy (non-hydrogen) atoms. The average molecular weight is 374 g/mol. The fraction of sp³-hybridized carbons (Fsp3) is 0.316. The molecule has 1 N–H and O–H groups in total. The molecule has 1 unspecified atom stereocenters. The van der Waals surface area contributed by atoms with Crippen LogP contribution in [0.25, 0.3) is 0 Å². The summed E-state index contributed by atoms with van der Waals surface area (Å²) >= 11 is 3.59. The number of carbonyl (C=O) groups excluding carboxylic acids is 1. The Balaban J connectivity index is 1.72. The first-order valence-electron chi connectivity index (χ1n) is 8.03. The Bertz CT molecular complexity index is 716. The second kappa shape index (κ2) is 6.85. The number of para-hydroxylation sites is 1. The van der Waals surface area contributed by atoms with Crippen LogP contribution in [0.1, 0.15) is 18.1 Å². The number of hydrogen-bond donors (Lipinski definition) is 1. The van der Waals surface area contributed by atoms with Crippen LogP contribution in [-0.4, -0.2) is 25.5 Å². The molecular weight excluding hydrogens is 352 g/mol. The van der Waals surface area contributed by atoms with Gasteiger partial charge in [-0.15, -0.1) is 0 Å². The van der Waals surface area contributed by atoms with Crippen LogP contribution in [-0.2, 0) is 17.8 Å². The third-order valence-electron chi connectivity index (χ3n) is 4.69. The number of quaternary nitrogens is 1. The highest BCUT2D eigenvalue weighted by Gasteiger charge is 2.32. The van der Waals surface area contributed by atoms with Crippen molar-refractivity contribution >= 4 is 27.5 Å². The number of rotatable bonds is 4. The van der Waals surface area contributed by atoms with E-state index in [1.165, 1.54) is 16.0 Å². The van der Waals surface area contributed by atoms with Gasteiger partial charge in [0.1, 0.15) is 6.54 Å². The summed E-state index contributed by atoms with van der Waals surface area (Å²) in [5.74, 6) is 0.208. The molecular formula is C19H22BrN2O+. The minimum atomic E-state index is -0.0757. The van der Waals surface area contributed by atoms with Crippen molar-refractivity contribution in [3.8, 4) is 0 Å². The van der Waals surface area contributed by atoms with Crippen molar-refractivity contribution in [2.45, 2.75) is 25.9 Å². The number of anilines is 1. The summed E-state index contributed by atoms with van der Waals surface area (Å²) in [4.78, 5) is 16.1. The van der Waals surface area contributed by atoms with Gasteiger partial charge in [0.25, 0.3) is 5.91 Å². The molecule has 2 aromatic rings. The minimum Gasteiger partial charge on any atom is -0.324 e. The Morgan fingerprint density at radius 3 is 2.70 bits per heavy atom. The molecule has 2 atom stereocenters. The molecule has 0 bridgehead atoms. The van der Waals surface area contributed by atoms with Gasteiger partial charge in [0.15, 0.2) is 6.04 Å². The molecule has 0 saturated heterocycles. The predicted molar refractivity (Wildman–Crippen MR) is 96.7 cm³/mol. The summed E-state index contributed by atoms with van der Waals surface area (Å²) in [5, 5.41) is 0. The lowest BCUT2D eigenvalue weighted by Gasteiger charge is -2.26. The minimum absolute atomic E-state index is 0.0757. The number of nitrogens with one attached hydrogen (secondary N) is 1. The molecule has 0 saturated carbocycles. The maximum Gasteiger partial charge on any atom is 0.284 e. The van der Waals surface area contributed by atoms with Crippen LogP contribution in [0.4, 0.5) is 5.69 Å². The zero-order chi connectivity index (χ0) is 16.4. The summed E-state index contributed by atoms with van der Waals surface area (Å²) < 4.78 is 1.10. The number of amides is 1. The molecule has 3 nitrogen and oxygen atoms in total. The van der Waals surface area contributed by atoms with Crippen LogP contribution in [0.3, 0.4) is 0 Å². The van der Waals surface area contributed by atoms with E-state index in [4.69, 9.17) is 0 Å². The summed E-state index contributed by atoms with van der Waals surface area (Å²) in [7, 11) is 2.09. The lowest BCUT2D eigenvalue weighted by molar-refractivity contribution is -0.908.